The lowest BCUT2D eigenvalue weighted by Crippen LogP contribution is -2.52. The van der Waals surface area contributed by atoms with Crippen LogP contribution in [0.2, 0.25) is 0 Å². The van der Waals surface area contributed by atoms with Crippen molar-refractivity contribution in [1.29, 1.82) is 0 Å². The molecule has 0 unspecified atom stereocenters. The van der Waals surface area contributed by atoms with E-state index in [4.69, 9.17) is 0 Å². The summed E-state index contributed by atoms with van der Waals surface area (Å²) in [4.78, 5) is 33.4. The Morgan fingerprint density at radius 1 is 1.27 bits per heavy atom. The first kappa shape index (κ1) is 15.9. The predicted molar refractivity (Wildman–Crippen MR) is 82.4 cm³/mol. The average Bonchev–Trinajstić information content (AvgIpc) is 2.95. The van der Waals surface area contributed by atoms with Gasteiger partial charge in [0, 0.05) is 38.1 Å². The van der Waals surface area contributed by atoms with Crippen LogP contribution in [0.25, 0.3) is 6.08 Å². The Morgan fingerprint density at radius 2 is 1.86 bits per heavy atom. The first-order chi connectivity index (χ1) is 10.4. The van der Waals surface area contributed by atoms with Crippen LogP contribution in [-0.2, 0) is 9.59 Å². The molecule has 2 N–H and O–H groups in total. The molecule has 1 aliphatic rings. The Labute approximate surface area is 129 Å². The molecule has 1 aliphatic carbocycles. The zero-order chi connectivity index (χ0) is 16.2. The number of rotatable bonds is 5. The fourth-order valence-corrected chi connectivity index (χ4v) is 2.47. The second-order valence-corrected chi connectivity index (χ2v) is 5.63. The van der Waals surface area contributed by atoms with Gasteiger partial charge in [-0.15, -0.1) is 0 Å². The van der Waals surface area contributed by atoms with Crippen molar-refractivity contribution in [2.45, 2.75) is 31.2 Å². The smallest absolute Gasteiger partial charge is 0.329 e. The molecular formula is C15H20N4O3. The maximum atomic E-state index is 11.9. The molecule has 1 aromatic rings. The van der Waals surface area contributed by atoms with Crippen LogP contribution in [0.5, 0.6) is 0 Å². The Bertz CT molecular complexity index is 575. The number of anilines is 1. The predicted octanol–water partition coefficient (Wildman–Crippen LogP) is 1.07. The van der Waals surface area contributed by atoms with Crippen LogP contribution in [0.1, 0.15) is 31.2 Å². The van der Waals surface area contributed by atoms with Gasteiger partial charge in [0.05, 0.1) is 0 Å². The highest BCUT2D eigenvalue weighted by atomic mass is 16.4. The number of hydrogen-bond acceptors (Lipinski definition) is 5. The third-order valence-electron chi connectivity index (χ3n) is 3.71. The molecule has 2 rings (SSSR count). The van der Waals surface area contributed by atoms with E-state index in [1.54, 1.807) is 23.4 Å². The maximum Gasteiger partial charge on any atom is 0.329 e. The quantitative estimate of drug-likeness (QED) is 0.790. The number of amides is 1. The van der Waals surface area contributed by atoms with Crippen molar-refractivity contribution >= 4 is 23.9 Å². The highest BCUT2D eigenvalue weighted by Crippen LogP contribution is 2.29. The van der Waals surface area contributed by atoms with Crippen molar-refractivity contribution in [3.05, 3.63) is 24.0 Å². The second-order valence-electron chi connectivity index (χ2n) is 5.63. The molecule has 0 bridgehead atoms. The van der Waals surface area contributed by atoms with E-state index in [2.05, 4.69) is 15.3 Å². The number of carbonyl (C=O) groups is 2. The third-order valence-corrected chi connectivity index (χ3v) is 3.71. The number of carboxylic acid groups (broad SMARTS) is 1. The van der Waals surface area contributed by atoms with Crippen LogP contribution in [0, 0.1) is 0 Å². The molecule has 118 valence electrons. The summed E-state index contributed by atoms with van der Waals surface area (Å²) < 4.78 is 0. The Morgan fingerprint density at radius 3 is 2.36 bits per heavy atom. The Balaban J connectivity index is 2.00. The van der Waals surface area contributed by atoms with E-state index >= 15 is 0 Å². The van der Waals surface area contributed by atoms with E-state index < -0.39 is 17.4 Å². The summed E-state index contributed by atoms with van der Waals surface area (Å²) >= 11 is 0. The van der Waals surface area contributed by atoms with E-state index in [0.29, 0.717) is 24.4 Å². The van der Waals surface area contributed by atoms with Crippen LogP contribution >= 0.6 is 0 Å². The molecule has 1 fully saturated rings. The summed E-state index contributed by atoms with van der Waals surface area (Å²) in [6.07, 6.45) is 8.68. The molecule has 0 aromatic carbocycles. The van der Waals surface area contributed by atoms with Gasteiger partial charge in [-0.05, 0) is 18.9 Å². The zero-order valence-corrected chi connectivity index (χ0v) is 12.7. The molecule has 1 saturated carbocycles. The molecule has 1 heterocycles. The summed E-state index contributed by atoms with van der Waals surface area (Å²) in [5.41, 5.74) is -0.441. The number of carboxylic acids is 1. The van der Waals surface area contributed by atoms with Crippen LogP contribution < -0.4 is 10.2 Å². The highest BCUT2D eigenvalue weighted by Gasteiger charge is 2.42. The molecule has 7 nitrogen and oxygen atoms in total. The van der Waals surface area contributed by atoms with Gasteiger partial charge >= 0.3 is 5.97 Å². The molecule has 1 aromatic heterocycles. The standard InChI is InChI=1S/C15H20N4O3/c1-19(2)14-16-9-11(10-17-14)5-6-12(20)18-15(13(21)22)7-3-4-8-15/h5-6,9-10H,3-4,7-8H2,1-2H3,(H,18,20)(H,21,22)/b6-5+. The molecule has 1 amide bonds. The van der Waals surface area contributed by atoms with Crippen molar-refractivity contribution in [3.8, 4) is 0 Å². The largest absolute Gasteiger partial charge is 0.480 e. The van der Waals surface area contributed by atoms with Gasteiger partial charge in [-0.1, -0.05) is 12.8 Å². The number of aliphatic carboxylic acids is 1. The number of hydrogen-bond donors (Lipinski definition) is 2. The number of carbonyl (C=O) groups excluding carboxylic acids is 1. The molecule has 22 heavy (non-hydrogen) atoms. The van der Waals surface area contributed by atoms with E-state index in [1.165, 1.54) is 6.08 Å². The number of aromatic nitrogens is 2. The number of nitrogens with zero attached hydrogens (tertiary/aromatic N) is 3. The zero-order valence-electron chi connectivity index (χ0n) is 12.7. The number of nitrogens with one attached hydrogen (secondary N) is 1. The summed E-state index contributed by atoms with van der Waals surface area (Å²) in [6, 6.07) is 0. The van der Waals surface area contributed by atoms with E-state index in [9.17, 15) is 14.7 Å². The Hall–Kier alpha value is -2.44. The molecule has 0 radical (unpaired) electrons. The minimum Gasteiger partial charge on any atom is -0.480 e. The van der Waals surface area contributed by atoms with Gasteiger partial charge in [0.15, 0.2) is 0 Å². The lowest BCUT2D eigenvalue weighted by atomic mass is 9.98. The maximum absolute atomic E-state index is 11.9. The fraction of sp³-hybridized carbons (Fsp3) is 0.467. The molecular weight excluding hydrogens is 284 g/mol. The third kappa shape index (κ3) is 3.60. The first-order valence-electron chi connectivity index (χ1n) is 7.16. The molecule has 0 spiro atoms. The van der Waals surface area contributed by atoms with Crippen molar-refractivity contribution in [2.75, 3.05) is 19.0 Å². The summed E-state index contributed by atoms with van der Waals surface area (Å²) in [5, 5.41) is 11.9. The van der Waals surface area contributed by atoms with Crippen molar-refractivity contribution in [1.82, 2.24) is 15.3 Å². The molecule has 0 saturated heterocycles. The van der Waals surface area contributed by atoms with Crippen molar-refractivity contribution < 1.29 is 14.7 Å². The highest BCUT2D eigenvalue weighted by molar-refractivity contribution is 5.95. The average molecular weight is 304 g/mol. The first-order valence-corrected chi connectivity index (χ1v) is 7.16. The minimum atomic E-state index is -1.12. The fourth-order valence-electron chi connectivity index (χ4n) is 2.47. The van der Waals surface area contributed by atoms with Crippen LogP contribution in [0.4, 0.5) is 5.95 Å². The lowest BCUT2D eigenvalue weighted by Gasteiger charge is -2.24. The van der Waals surface area contributed by atoms with Gasteiger partial charge in [0.2, 0.25) is 11.9 Å². The Kier molecular flexibility index (Phi) is 4.75. The van der Waals surface area contributed by atoms with Crippen LogP contribution in [0.3, 0.4) is 0 Å². The van der Waals surface area contributed by atoms with E-state index in [-0.39, 0.29) is 0 Å². The van der Waals surface area contributed by atoms with Crippen LogP contribution in [-0.4, -0.2) is 46.6 Å². The van der Waals surface area contributed by atoms with Gasteiger partial charge in [-0.3, -0.25) is 4.79 Å². The van der Waals surface area contributed by atoms with Gasteiger partial charge in [-0.2, -0.15) is 0 Å². The molecule has 7 heteroatoms. The summed E-state index contributed by atoms with van der Waals surface area (Å²) in [5.74, 6) is -0.802. The van der Waals surface area contributed by atoms with Crippen molar-refractivity contribution in [3.63, 3.8) is 0 Å². The van der Waals surface area contributed by atoms with Gasteiger partial charge in [0.25, 0.3) is 0 Å². The van der Waals surface area contributed by atoms with Gasteiger partial charge in [-0.25, -0.2) is 14.8 Å². The molecule has 0 atom stereocenters. The second kappa shape index (κ2) is 6.55. The monoisotopic (exact) mass is 304 g/mol. The normalized spacial score (nSPS) is 16.6. The van der Waals surface area contributed by atoms with E-state index in [0.717, 1.165) is 12.8 Å². The topological polar surface area (TPSA) is 95.4 Å². The summed E-state index contributed by atoms with van der Waals surface area (Å²) in [7, 11) is 3.68. The van der Waals surface area contributed by atoms with E-state index in [1.807, 2.05) is 14.1 Å². The summed E-state index contributed by atoms with van der Waals surface area (Å²) in [6.45, 7) is 0. The molecule has 0 aliphatic heterocycles. The van der Waals surface area contributed by atoms with Gasteiger partial charge < -0.3 is 15.3 Å². The van der Waals surface area contributed by atoms with Crippen molar-refractivity contribution in [2.24, 2.45) is 0 Å². The lowest BCUT2D eigenvalue weighted by molar-refractivity contribution is -0.146. The van der Waals surface area contributed by atoms with Crippen LogP contribution in [0.15, 0.2) is 18.5 Å². The minimum absolute atomic E-state index is 0.416. The SMILES string of the molecule is CN(C)c1ncc(/C=C/C(=O)NC2(C(=O)O)CCCC2)cn1. The van der Waals surface area contributed by atoms with Gasteiger partial charge in [0.1, 0.15) is 5.54 Å².